The predicted molar refractivity (Wildman–Crippen MR) is 84.1 cm³/mol. The van der Waals surface area contributed by atoms with E-state index < -0.39 is 0 Å². The SMILES string of the molecule is C[C@]12CCC(O)CC1CC[C@@H]1[C@H]2C(O)C[C@]2(C)C(=O)CC[C@@H]12. The van der Waals surface area contributed by atoms with E-state index in [-0.39, 0.29) is 23.0 Å². The molecule has 0 amide bonds. The van der Waals surface area contributed by atoms with Gasteiger partial charge in [0.25, 0.3) is 0 Å². The molecule has 3 nitrogen and oxygen atoms in total. The minimum Gasteiger partial charge on any atom is -0.393 e. The first kappa shape index (κ1) is 15.1. The number of aliphatic hydroxyl groups is 2. The lowest BCUT2D eigenvalue weighted by Gasteiger charge is -2.61. The second kappa shape index (κ2) is 4.80. The highest BCUT2D eigenvalue weighted by Gasteiger charge is 2.63. The fourth-order valence-corrected chi connectivity index (χ4v) is 7.13. The summed E-state index contributed by atoms with van der Waals surface area (Å²) in [5.41, 5.74) is -0.105. The maximum atomic E-state index is 12.4. The zero-order valence-corrected chi connectivity index (χ0v) is 13.9. The fourth-order valence-electron chi connectivity index (χ4n) is 7.13. The molecule has 0 saturated heterocycles. The number of hydrogen-bond donors (Lipinski definition) is 2. The van der Waals surface area contributed by atoms with Crippen LogP contribution in [-0.2, 0) is 4.79 Å². The first-order valence-corrected chi connectivity index (χ1v) is 9.25. The molecule has 3 heteroatoms. The zero-order chi connectivity index (χ0) is 15.7. The third kappa shape index (κ3) is 1.84. The van der Waals surface area contributed by atoms with Crippen LogP contribution in [0, 0.1) is 34.5 Å². The van der Waals surface area contributed by atoms with Crippen LogP contribution >= 0.6 is 0 Å². The molecule has 0 aromatic carbocycles. The number of ketones is 1. The molecule has 0 heterocycles. The molecule has 4 aliphatic carbocycles. The van der Waals surface area contributed by atoms with Crippen molar-refractivity contribution in [2.45, 2.75) is 77.4 Å². The number of aliphatic hydroxyl groups excluding tert-OH is 2. The summed E-state index contributed by atoms with van der Waals surface area (Å²) in [5.74, 6) is 2.27. The molecule has 0 spiro atoms. The second-order valence-corrected chi connectivity index (χ2v) is 9.16. The Labute approximate surface area is 133 Å². The molecular formula is C19H30O3. The molecule has 4 aliphatic rings. The lowest BCUT2D eigenvalue weighted by molar-refractivity contribution is -0.175. The van der Waals surface area contributed by atoms with Gasteiger partial charge in [-0.2, -0.15) is 0 Å². The van der Waals surface area contributed by atoms with Gasteiger partial charge in [-0.05, 0) is 74.0 Å². The van der Waals surface area contributed by atoms with Gasteiger partial charge in [-0.3, -0.25) is 4.79 Å². The number of carbonyl (C=O) groups is 1. The number of hydrogen-bond acceptors (Lipinski definition) is 3. The largest absolute Gasteiger partial charge is 0.393 e. The van der Waals surface area contributed by atoms with E-state index in [4.69, 9.17) is 0 Å². The van der Waals surface area contributed by atoms with E-state index in [2.05, 4.69) is 13.8 Å². The van der Waals surface area contributed by atoms with Crippen molar-refractivity contribution in [3.8, 4) is 0 Å². The van der Waals surface area contributed by atoms with Crippen molar-refractivity contribution < 1.29 is 15.0 Å². The molecule has 0 bridgehead atoms. The van der Waals surface area contributed by atoms with E-state index in [0.717, 1.165) is 38.5 Å². The van der Waals surface area contributed by atoms with Crippen molar-refractivity contribution in [3.63, 3.8) is 0 Å². The Balaban J connectivity index is 1.69. The van der Waals surface area contributed by atoms with Crippen LogP contribution in [-0.4, -0.2) is 28.2 Å². The Hall–Kier alpha value is -0.410. The van der Waals surface area contributed by atoms with Crippen LogP contribution in [0.2, 0.25) is 0 Å². The summed E-state index contributed by atoms with van der Waals surface area (Å²) in [4.78, 5) is 12.4. The zero-order valence-electron chi connectivity index (χ0n) is 13.9. The first-order valence-electron chi connectivity index (χ1n) is 9.25. The Morgan fingerprint density at radius 2 is 1.86 bits per heavy atom. The normalized spacial score (nSPS) is 57.9. The molecule has 124 valence electrons. The Morgan fingerprint density at radius 1 is 1.09 bits per heavy atom. The maximum Gasteiger partial charge on any atom is 0.139 e. The summed E-state index contributed by atoms with van der Waals surface area (Å²) in [5, 5.41) is 21.0. The van der Waals surface area contributed by atoms with Gasteiger partial charge in [-0.15, -0.1) is 0 Å². The highest BCUT2D eigenvalue weighted by molar-refractivity contribution is 5.87. The molecule has 4 fully saturated rings. The van der Waals surface area contributed by atoms with Crippen molar-refractivity contribution in [3.05, 3.63) is 0 Å². The van der Waals surface area contributed by atoms with Crippen molar-refractivity contribution >= 4 is 5.78 Å². The van der Waals surface area contributed by atoms with Crippen molar-refractivity contribution in [2.24, 2.45) is 34.5 Å². The van der Waals surface area contributed by atoms with E-state index in [0.29, 0.717) is 35.9 Å². The fraction of sp³-hybridized carbons (Fsp3) is 0.947. The van der Waals surface area contributed by atoms with Crippen LogP contribution in [0.5, 0.6) is 0 Å². The third-order valence-corrected chi connectivity index (χ3v) is 8.28. The van der Waals surface area contributed by atoms with Crippen LogP contribution in [0.3, 0.4) is 0 Å². The van der Waals surface area contributed by atoms with Crippen LogP contribution < -0.4 is 0 Å². The lowest BCUT2D eigenvalue weighted by atomic mass is 9.44. The highest BCUT2D eigenvalue weighted by Crippen LogP contribution is 2.65. The molecule has 3 unspecified atom stereocenters. The van der Waals surface area contributed by atoms with Gasteiger partial charge in [-0.25, -0.2) is 0 Å². The maximum absolute atomic E-state index is 12.4. The average molecular weight is 306 g/mol. The lowest BCUT2D eigenvalue weighted by Crippen LogP contribution is -2.59. The van der Waals surface area contributed by atoms with Crippen LogP contribution in [0.1, 0.15) is 65.2 Å². The summed E-state index contributed by atoms with van der Waals surface area (Å²) in [6.45, 7) is 4.48. The molecule has 4 saturated carbocycles. The van der Waals surface area contributed by atoms with E-state index >= 15 is 0 Å². The molecule has 0 radical (unpaired) electrons. The summed E-state index contributed by atoms with van der Waals surface area (Å²) in [7, 11) is 0. The van der Waals surface area contributed by atoms with Gasteiger partial charge in [0.2, 0.25) is 0 Å². The molecule has 0 aromatic rings. The first-order chi connectivity index (χ1) is 10.4. The van der Waals surface area contributed by atoms with Crippen molar-refractivity contribution in [1.82, 2.24) is 0 Å². The van der Waals surface area contributed by atoms with E-state index in [9.17, 15) is 15.0 Å². The smallest absolute Gasteiger partial charge is 0.139 e. The molecule has 0 aliphatic heterocycles. The van der Waals surface area contributed by atoms with Gasteiger partial charge < -0.3 is 10.2 Å². The van der Waals surface area contributed by atoms with Gasteiger partial charge in [0.15, 0.2) is 0 Å². The van der Waals surface area contributed by atoms with Gasteiger partial charge >= 0.3 is 0 Å². The molecule has 0 aromatic heterocycles. The van der Waals surface area contributed by atoms with Crippen molar-refractivity contribution in [2.75, 3.05) is 0 Å². The summed E-state index contributed by atoms with van der Waals surface area (Å²) >= 11 is 0. The Bertz CT molecular complexity index is 489. The van der Waals surface area contributed by atoms with Gasteiger partial charge in [-0.1, -0.05) is 13.8 Å². The second-order valence-electron chi connectivity index (χ2n) is 9.16. The predicted octanol–water partition coefficient (Wildman–Crippen LogP) is 2.93. The summed E-state index contributed by atoms with van der Waals surface area (Å²) in [6, 6.07) is 0. The minimum absolute atomic E-state index is 0.145. The van der Waals surface area contributed by atoms with Crippen molar-refractivity contribution in [1.29, 1.82) is 0 Å². The molecular weight excluding hydrogens is 276 g/mol. The molecule has 8 atom stereocenters. The number of carbonyl (C=O) groups excluding carboxylic acids is 1. The van der Waals surface area contributed by atoms with Gasteiger partial charge in [0, 0.05) is 11.8 Å². The van der Waals surface area contributed by atoms with Crippen LogP contribution in [0.15, 0.2) is 0 Å². The summed E-state index contributed by atoms with van der Waals surface area (Å²) in [6.07, 6.45) is 7.08. The molecule has 22 heavy (non-hydrogen) atoms. The quantitative estimate of drug-likeness (QED) is 0.723. The number of rotatable bonds is 0. The number of Topliss-reactive ketones (excluding diaryl/α,β-unsaturated/α-hetero) is 1. The van der Waals surface area contributed by atoms with Gasteiger partial charge in [0.05, 0.1) is 12.2 Å². The molecule has 4 rings (SSSR count). The topological polar surface area (TPSA) is 57.5 Å². The monoisotopic (exact) mass is 306 g/mol. The highest BCUT2D eigenvalue weighted by atomic mass is 16.3. The van der Waals surface area contributed by atoms with Crippen LogP contribution in [0.25, 0.3) is 0 Å². The Morgan fingerprint density at radius 3 is 2.64 bits per heavy atom. The van der Waals surface area contributed by atoms with Crippen LogP contribution in [0.4, 0.5) is 0 Å². The average Bonchev–Trinajstić information content (AvgIpc) is 2.75. The standard InChI is InChI=1S/C19H30O3/c1-18-8-7-12(20)9-11(18)3-4-13-14-5-6-16(22)19(14,2)10-15(21)17(13)18/h11-15,17,20-21H,3-10H2,1-2H3/t11?,12?,13-,14-,15?,17-,18-,19-/m0/s1. The van der Waals surface area contributed by atoms with E-state index in [1.807, 2.05) is 0 Å². The van der Waals surface area contributed by atoms with Gasteiger partial charge in [0.1, 0.15) is 5.78 Å². The Kier molecular flexibility index (Phi) is 3.30. The summed E-state index contributed by atoms with van der Waals surface area (Å²) < 4.78 is 0. The van der Waals surface area contributed by atoms with E-state index in [1.165, 1.54) is 6.42 Å². The third-order valence-electron chi connectivity index (χ3n) is 8.28. The molecule has 2 N–H and O–H groups in total. The van der Waals surface area contributed by atoms with E-state index in [1.54, 1.807) is 0 Å². The number of fused-ring (bicyclic) bond motifs is 5. The minimum atomic E-state index is -0.337.